The van der Waals surface area contributed by atoms with Gasteiger partial charge in [0.15, 0.2) is 5.03 Å². The van der Waals surface area contributed by atoms with Crippen LogP contribution in [0.2, 0.25) is 0 Å². The van der Waals surface area contributed by atoms with Crippen LogP contribution < -0.4 is 4.72 Å². The van der Waals surface area contributed by atoms with E-state index in [2.05, 4.69) is 14.9 Å². The van der Waals surface area contributed by atoms with E-state index in [1.807, 2.05) is 0 Å². The number of carbonyl (C=O) groups is 1. The van der Waals surface area contributed by atoms with Crippen LogP contribution >= 0.6 is 0 Å². The highest BCUT2D eigenvalue weighted by atomic mass is 32.2. The number of aromatic nitrogens is 2. The summed E-state index contributed by atoms with van der Waals surface area (Å²) in [7, 11) is -3.82. The van der Waals surface area contributed by atoms with Gasteiger partial charge in [-0.05, 0) is 25.7 Å². The highest BCUT2D eigenvalue weighted by Crippen LogP contribution is 2.16. The summed E-state index contributed by atoms with van der Waals surface area (Å²) in [5, 5.41) is 5.71. The van der Waals surface area contributed by atoms with Gasteiger partial charge in [-0.2, -0.15) is 5.10 Å². The van der Waals surface area contributed by atoms with Crippen molar-refractivity contribution in [3.05, 3.63) is 11.8 Å². The second kappa shape index (κ2) is 7.01. The molecule has 0 unspecified atom stereocenters. The summed E-state index contributed by atoms with van der Waals surface area (Å²) in [5.74, 6) is -0.472. The minimum absolute atomic E-state index is 0.0867. The zero-order valence-corrected chi connectivity index (χ0v) is 12.6. The Morgan fingerprint density at radius 1 is 1.52 bits per heavy atom. The lowest BCUT2D eigenvalue weighted by Crippen LogP contribution is -2.33. The lowest BCUT2D eigenvalue weighted by molar-refractivity contribution is 0.0522. The van der Waals surface area contributed by atoms with E-state index in [4.69, 9.17) is 9.47 Å². The summed E-state index contributed by atoms with van der Waals surface area (Å²) in [4.78, 5) is 11.7. The first-order valence-corrected chi connectivity index (χ1v) is 8.30. The average Bonchev–Trinajstić information content (AvgIpc) is 2.97. The number of nitrogens with one attached hydrogen (secondary N) is 2. The van der Waals surface area contributed by atoms with Crippen LogP contribution in [0.5, 0.6) is 0 Å². The first-order chi connectivity index (χ1) is 10.0. The molecule has 1 aliphatic rings. The fourth-order valence-corrected chi connectivity index (χ4v) is 3.28. The quantitative estimate of drug-likeness (QED) is 0.730. The predicted octanol–water partition coefficient (Wildman–Crippen LogP) is 0.291. The lowest BCUT2D eigenvalue weighted by Gasteiger charge is -2.21. The first kappa shape index (κ1) is 15.9. The summed E-state index contributed by atoms with van der Waals surface area (Å²) in [6.45, 7) is 3.41. The van der Waals surface area contributed by atoms with Crippen molar-refractivity contribution in [2.75, 3.05) is 26.4 Å². The summed E-state index contributed by atoms with van der Waals surface area (Å²) < 4.78 is 37.0. The van der Waals surface area contributed by atoms with Gasteiger partial charge in [0.25, 0.3) is 10.0 Å². The van der Waals surface area contributed by atoms with Crippen LogP contribution in [0.3, 0.4) is 0 Å². The number of aromatic amines is 1. The number of H-pyrrole nitrogens is 1. The molecule has 1 aromatic heterocycles. The molecule has 1 saturated heterocycles. The maximum atomic E-state index is 12.2. The van der Waals surface area contributed by atoms with E-state index in [-0.39, 0.29) is 23.1 Å². The van der Waals surface area contributed by atoms with Gasteiger partial charge in [0.2, 0.25) is 0 Å². The molecule has 0 radical (unpaired) electrons. The summed E-state index contributed by atoms with van der Waals surface area (Å²) >= 11 is 0. The Kier molecular flexibility index (Phi) is 5.32. The van der Waals surface area contributed by atoms with Crippen LogP contribution in [-0.2, 0) is 19.5 Å². The van der Waals surface area contributed by atoms with Gasteiger partial charge < -0.3 is 9.47 Å². The molecular formula is C12H19N3O5S. The molecule has 0 bridgehead atoms. The van der Waals surface area contributed by atoms with E-state index in [0.29, 0.717) is 19.8 Å². The van der Waals surface area contributed by atoms with Crippen molar-refractivity contribution in [1.82, 2.24) is 14.9 Å². The van der Waals surface area contributed by atoms with Crippen LogP contribution in [-0.4, -0.2) is 50.9 Å². The largest absolute Gasteiger partial charge is 0.462 e. The van der Waals surface area contributed by atoms with Crippen molar-refractivity contribution in [2.45, 2.75) is 24.8 Å². The molecule has 0 aliphatic carbocycles. The van der Waals surface area contributed by atoms with Gasteiger partial charge in [-0.1, -0.05) is 0 Å². The number of nitrogens with zero attached hydrogens (tertiary/aromatic N) is 1. The lowest BCUT2D eigenvalue weighted by atomic mass is 10.0. The van der Waals surface area contributed by atoms with Crippen LogP contribution in [0.15, 0.2) is 11.2 Å². The third kappa shape index (κ3) is 4.02. The summed E-state index contributed by atoms with van der Waals surface area (Å²) in [6.07, 6.45) is 2.79. The number of rotatable bonds is 6. The van der Waals surface area contributed by atoms with Gasteiger partial charge in [-0.15, -0.1) is 0 Å². The Bertz CT molecular complexity index is 577. The van der Waals surface area contributed by atoms with E-state index in [1.54, 1.807) is 6.92 Å². The molecule has 1 fully saturated rings. The molecule has 9 heteroatoms. The molecule has 0 atom stereocenters. The van der Waals surface area contributed by atoms with Crippen LogP contribution in [0, 0.1) is 5.92 Å². The summed E-state index contributed by atoms with van der Waals surface area (Å²) in [6, 6.07) is 0. The second-order valence-corrected chi connectivity index (χ2v) is 6.44. The maximum absolute atomic E-state index is 12.2. The van der Waals surface area contributed by atoms with E-state index in [1.165, 1.54) is 0 Å². The third-order valence-corrected chi connectivity index (χ3v) is 4.67. The van der Waals surface area contributed by atoms with Gasteiger partial charge in [-0.3, -0.25) is 5.10 Å². The fraction of sp³-hybridized carbons (Fsp3) is 0.667. The number of hydrogen-bond acceptors (Lipinski definition) is 6. The van der Waals surface area contributed by atoms with Gasteiger partial charge in [0.1, 0.15) is 5.56 Å². The number of hydrogen-bond donors (Lipinski definition) is 2. The van der Waals surface area contributed by atoms with Crippen LogP contribution in [0.4, 0.5) is 0 Å². The Hall–Kier alpha value is -1.45. The van der Waals surface area contributed by atoms with Gasteiger partial charge in [-0.25, -0.2) is 17.9 Å². The Labute approximate surface area is 123 Å². The van der Waals surface area contributed by atoms with Gasteiger partial charge in [0, 0.05) is 19.8 Å². The van der Waals surface area contributed by atoms with Crippen molar-refractivity contribution in [2.24, 2.45) is 5.92 Å². The van der Waals surface area contributed by atoms with E-state index >= 15 is 0 Å². The van der Waals surface area contributed by atoms with Crippen molar-refractivity contribution >= 4 is 16.0 Å². The first-order valence-electron chi connectivity index (χ1n) is 6.82. The number of sulfonamides is 1. The average molecular weight is 317 g/mol. The molecule has 0 spiro atoms. The fourth-order valence-electron chi connectivity index (χ4n) is 2.08. The molecule has 2 heterocycles. The van der Waals surface area contributed by atoms with Crippen molar-refractivity contribution < 1.29 is 22.7 Å². The van der Waals surface area contributed by atoms with Gasteiger partial charge >= 0.3 is 5.97 Å². The molecule has 21 heavy (non-hydrogen) atoms. The Morgan fingerprint density at radius 2 is 2.24 bits per heavy atom. The van der Waals surface area contributed by atoms with E-state index in [0.717, 1.165) is 19.0 Å². The maximum Gasteiger partial charge on any atom is 0.342 e. The monoisotopic (exact) mass is 317 g/mol. The van der Waals surface area contributed by atoms with Crippen LogP contribution in [0.25, 0.3) is 0 Å². The number of ether oxygens (including phenoxy) is 2. The van der Waals surface area contributed by atoms with E-state index < -0.39 is 16.0 Å². The molecular weight excluding hydrogens is 298 g/mol. The zero-order valence-electron chi connectivity index (χ0n) is 11.8. The number of carbonyl (C=O) groups excluding carboxylic acids is 1. The van der Waals surface area contributed by atoms with Crippen molar-refractivity contribution in [3.8, 4) is 0 Å². The third-order valence-electron chi connectivity index (χ3n) is 3.27. The van der Waals surface area contributed by atoms with Crippen molar-refractivity contribution in [3.63, 3.8) is 0 Å². The number of esters is 1. The smallest absolute Gasteiger partial charge is 0.342 e. The molecule has 0 amide bonds. The van der Waals surface area contributed by atoms with Crippen LogP contribution in [0.1, 0.15) is 30.1 Å². The Balaban J connectivity index is 2.05. The normalized spacial score (nSPS) is 16.8. The molecule has 0 saturated carbocycles. The minimum Gasteiger partial charge on any atom is -0.462 e. The SMILES string of the molecule is CCOC(=O)c1cn[nH]c1S(=O)(=O)NCC1CCOCC1. The highest BCUT2D eigenvalue weighted by molar-refractivity contribution is 7.89. The molecule has 2 N–H and O–H groups in total. The van der Waals surface area contributed by atoms with Crippen molar-refractivity contribution in [1.29, 1.82) is 0 Å². The van der Waals surface area contributed by atoms with E-state index in [9.17, 15) is 13.2 Å². The highest BCUT2D eigenvalue weighted by Gasteiger charge is 2.26. The molecule has 0 aromatic carbocycles. The molecule has 1 aliphatic heterocycles. The standard InChI is InChI=1S/C12H19N3O5S/c1-2-20-12(16)10-8-13-15-11(10)21(17,18)14-7-9-3-5-19-6-4-9/h8-9,14H,2-7H2,1H3,(H,13,15). The molecule has 2 rings (SSSR count). The topological polar surface area (TPSA) is 110 Å². The molecule has 1 aromatic rings. The minimum atomic E-state index is -3.82. The Morgan fingerprint density at radius 3 is 2.90 bits per heavy atom. The predicted molar refractivity (Wildman–Crippen MR) is 73.3 cm³/mol. The second-order valence-electron chi connectivity index (χ2n) is 4.74. The zero-order chi connectivity index (χ0) is 15.3. The van der Waals surface area contributed by atoms with Gasteiger partial charge in [0.05, 0.1) is 12.8 Å². The molecule has 118 valence electrons. The molecule has 8 nitrogen and oxygen atoms in total. The summed E-state index contributed by atoms with van der Waals surface area (Å²) in [5.41, 5.74) is -0.0867.